The van der Waals surface area contributed by atoms with Crippen molar-refractivity contribution < 1.29 is 10.2 Å². The number of aliphatic hydroxyl groups excluding tert-OH is 2. The van der Waals surface area contributed by atoms with Gasteiger partial charge < -0.3 is 10.2 Å². The Morgan fingerprint density at radius 1 is 1.00 bits per heavy atom. The van der Waals surface area contributed by atoms with Crippen LogP contribution in [0.3, 0.4) is 0 Å². The van der Waals surface area contributed by atoms with Gasteiger partial charge in [-0.15, -0.1) is 0 Å². The molecule has 0 saturated carbocycles. The van der Waals surface area contributed by atoms with E-state index < -0.39 is 0 Å². The van der Waals surface area contributed by atoms with Crippen molar-refractivity contribution in [3.05, 3.63) is 0 Å². The van der Waals surface area contributed by atoms with Crippen LogP contribution >= 0.6 is 0 Å². The molecular formula is C3H8O2. The van der Waals surface area contributed by atoms with Gasteiger partial charge in [0.25, 0.3) is 0 Å². The fourth-order valence-electron chi connectivity index (χ4n) is 0.0707. The van der Waals surface area contributed by atoms with Crippen molar-refractivity contribution in [1.29, 1.82) is 0 Å². The fraction of sp³-hybridized carbons (Fsp3) is 1.00. The minimum absolute atomic E-state index is 0.0938. The first kappa shape index (κ1) is 4.92. The molecule has 2 nitrogen and oxygen atoms in total. The van der Waals surface area contributed by atoms with Crippen LogP contribution in [0.4, 0.5) is 0 Å². The zero-order chi connectivity index (χ0) is 4.12. The smallest absolute Gasteiger partial charge is 0.0452 e. The number of aliphatic hydroxyl groups is 2. The van der Waals surface area contributed by atoms with E-state index in [1.165, 1.54) is 0 Å². The lowest BCUT2D eigenvalue weighted by Crippen LogP contribution is -1.85. The summed E-state index contributed by atoms with van der Waals surface area (Å²) in [6.45, 7) is 0.188. The Kier molecular flexibility index (Phi) is 3.86. The van der Waals surface area contributed by atoms with E-state index in [9.17, 15) is 0 Å². The Morgan fingerprint density at radius 3 is 1.40 bits per heavy atom. The van der Waals surface area contributed by atoms with E-state index >= 15 is 0 Å². The highest BCUT2D eigenvalue weighted by Gasteiger charge is 1.70. The molecule has 0 aliphatic heterocycles. The van der Waals surface area contributed by atoms with Gasteiger partial charge in [-0.25, -0.2) is 0 Å². The van der Waals surface area contributed by atoms with Crippen LogP contribution in [0.1, 0.15) is 6.42 Å². The second-order valence-corrected chi connectivity index (χ2v) is 0.801. The lowest BCUT2D eigenvalue weighted by atomic mass is 10.7. The van der Waals surface area contributed by atoms with Crippen molar-refractivity contribution in [2.75, 3.05) is 13.2 Å². The first-order valence-corrected chi connectivity index (χ1v) is 1.63. The van der Waals surface area contributed by atoms with Crippen LogP contribution in [0.5, 0.6) is 0 Å². The van der Waals surface area contributed by atoms with E-state index in [0.29, 0.717) is 6.42 Å². The highest BCUT2D eigenvalue weighted by molar-refractivity contribution is 4.22. The zero-order valence-electron chi connectivity index (χ0n) is 3.02. The van der Waals surface area contributed by atoms with Crippen molar-refractivity contribution in [1.82, 2.24) is 0 Å². The molecule has 0 aliphatic carbocycles. The maximum absolute atomic E-state index is 7.91. The third kappa shape index (κ3) is 3.92. The molecule has 0 aromatic carbocycles. The van der Waals surface area contributed by atoms with Crippen molar-refractivity contribution in [2.24, 2.45) is 0 Å². The van der Waals surface area contributed by atoms with Gasteiger partial charge in [-0.3, -0.25) is 0 Å². The summed E-state index contributed by atoms with van der Waals surface area (Å²) in [7, 11) is 0. The van der Waals surface area contributed by atoms with Gasteiger partial charge in [-0.2, -0.15) is 0 Å². The van der Waals surface area contributed by atoms with E-state index in [0.717, 1.165) is 0 Å². The normalized spacial score (nSPS) is 8.40. The fourth-order valence-corrected chi connectivity index (χ4v) is 0.0707. The second-order valence-electron chi connectivity index (χ2n) is 0.801. The molecule has 0 amide bonds. The van der Waals surface area contributed by atoms with Crippen LogP contribution < -0.4 is 0 Å². The standard InChI is InChI=1S/C3H8O2/c4-2-1-3-5/h4-5H,1-3H2/i2+1. The summed E-state index contributed by atoms with van der Waals surface area (Å²) < 4.78 is 0. The summed E-state index contributed by atoms with van der Waals surface area (Å²) in [5.74, 6) is 0. The van der Waals surface area contributed by atoms with E-state index in [1.54, 1.807) is 0 Å². The third-order valence-corrected chi connectivity index (χ3v) is 0.316. The van der Waals surface area contributed by atoms with Crippen LogP contribution in [0.25, 0.3) is 0 Å². The molecular weight excluding hydrogens is 69.0 g/mol. The van der Waals surface area contributed by atoms with Crippen LogP contribution in [-0.4, -0.2) is 23.4 Å². The van der Waals surface area contributed by atoms with Crippen molar-refractivity contribution in [3.63, 3.8) is 0 Å². The topological polar surface area (TPSA) is 40.5 Å². The van der Waals surface area contributed by atoms with E-state index in [1.807, 2.05) is 0 Å². The maximum Gasteiger partial charge on any atom is 0.0452 e. The Labute approximate surface area is 31.1 Å². The van der Waals surface area contributed by atoms with Crippen molar-refractivity contribution in [2.45, 2.75) is 6.42 Å². The van der Waals surface area contributed by atoms with Gasteiger partial charge in [0.2, 0.25) is 0 Å². The van der Waals surface area contributed by atoms with E-state index in [4.69, 9.17) is 10.2 Å². The molecule has 0 aromatic heterocycles. The maximum atomic E-state index is 7.91. The predicted octanol–water partition coefficient (Wildman–Crippen LogP) is -0.639. The molecule has 0 radical (unpaired) electrons. The molecule has 0 atom stereocenters. The molecule has 0 saturated heterocycles. The van der Waals surface area contributed by atoms with Crippen LogP contribution in [0.15, 0.2) is 0 Å². The third-order valence-electron chi connectivity index (χ3n) is 0.316. The molecule has 0 aromatic rings. The molecule has 0 unspecified atom stereocenters. The molecule has 0 heterocycles. The number of hydrogen-bond donors (Lipinski definition) is 2. The van der Waals surface area contributed by atoms with Gasteiger partial charge in [0, 0.05) is 13.2 Å². The largest absolute Gasteiger partial charge is 0.396 e. The van der Waals surface area contributed by atoms with Gasteiger partial charge >= 0.3 is 0 Å². The van der Waals surface area contributed by atoms with Gasteiger partial charge in [-0.1, -0.05) is 0 Å². The predicted molar refractivity (Wildman–Crippen MR) is 18.8 cm³/mol. The molecule has 32 valence electrons. The first-order chi connectivity index (χ1) is 2.41. The molecule has 0 bridgehead atoms. The second kappa shape index (κ2) is 3.92. The average molecular weight is 77.1 g/mol. The molecule has 2 N–H and O–H groups in total. The van der Waals surface area contributed by atoms with Gasteiger partial charge in [0.05, 0.1) is 0 Å². The quantitative estimate of drug-likeness (QED) is 0.430. The SMILES string of the molecule is OCC[13CH2]O. The molecule has 0 fully saturated rings. The monoisotopic (exact) mass is 77.1 g/mol. The Morgan fingerprint density at radius 2 is 1.40 bits per heavy atom. The van der Waals surface area contributed by atoms with Crippen molar-refractivity contribution >= 4 is 0 Å². The summed E-state index contributed by atoms with van der Waals surface area (Å²) in [5, 5.41) is 15.8. The Hall–Kier alpha value is -0.0800. The molecule has 0 rings (SSSR count). The summed E-state index contributed by atoms with van der Waals surface area (Å²) in [4.78, 5) is 0. The minimum Gasteiger partial charge on any atom is -0.396 e. The molecule has 2 heteroatoms. The van der Waals surface area contributed by atoms with Crippen LogP contribution in [-0.2, 0) is 0 Å². The minimum atomic E-state index is 0.0938. The molecule has 5 heavy (non-hydrogen) atoms. The Bertz CT molecular complexity index is 12.4. The number of rotatable bonds is 2. The van der Waals surface area contributed by atoms with Gasteiger partial charge in [0.15, 0.2) is 0 Å². The average Bonchev–Trinajstić information content (AvgIpc) is 1.41. The number of hydrogen-bond acceptors (Lipinski definition) is 2. The van der Waals surface area contributed by atoms with E-state index in [-0.39, 0.29) is 13.2 Å². The summed E-state index contributed by atoms with van der Waals surface area (Å²) in [5.41, 5.74) is 0. The highest BCUT2D eigenvalue weighted by atomic mass is 16.3. The zero-order valence-corrected chi connectivity index (χ0v) is 3.02. The summed E-state index contributed by atoms with van der Waals surface area (Å²) >= 11 is 0. The lowest BCUT2D eigenvalue weighted by molar-refractivity contribution is 0.221. The lowest BCUT2D eigenvalue weighted by Gasteiger charge is -1.79. The summed E-state index contributed by atoms with van der Waals surface area (Å²) in [6.07, 6.45) is 0.500. The Balaban J connectivity index is 2.19. The van der Waals surface area contributed by atoms with Gasteiger partial charge in [-0.05, 0) is 6.42 Å². The van der Waals surface area contributed by atoms with E-state index in [2.05, 4.69) is 0 Å². The first-order valence-electron chi connectivity index (χ1n) is 1.63. The van der Waals surface area contributed by atoms with Crippen LogP contribution in [0.2, 0.25) is 0 Å². The summed E-state index contributed by atoms with van der Waals surface area (Å²) in [6, 6.07) is 0. The highest BCUT2D eigenvalue weighted by Crippen LogP contribution is 1.65. The van der Waals surface area contributed by atoms with Crippen LogP contribution in [0, 0.1) is 0 Å². The molecule has 0 aliphatic rings. The van der Waals surface area contributed by atoms with Gasteiger partial charge in [0.1, 0.15) is 0 Å². The van der Waals surface area contributed by atoms with Crippen molar-refractivity contribution in [3.8, 4) is 0 Å². The molecule has 0 spiro atoms.